The fourth-order valence-corrected chi connectivity index (χ4v) is 2.41. The van der Waals surface area contributed by atoms with Gasteiger partial charge in [0.25, 0.3) is 5.91 Å². The van der Waals surface area contributed by atoms with Crippen molar-refractivity contribution >= 4 is 29.7 Å². The zero-order valence-electron chi connectivity index (χ0n) is 9.23. The Morgan fingerprint density at radius 1 is 1.50 bits per heavy atom. The Kier molecular flexibility index (Phi) is 5.18. The van der Waals surface area contributed by atoms with E-state index in [9.17, 15) is 4.79 Å². The number of rotatable bonds is 1. The number of nitrogens with zero attached hydrogens (tertiary/aromatic N) is 2. The van der Waals surface area contributed by atoms with Crippen LogP contribution >= 0.6 is 23.7 Å². The monoisotopic (exact) mass is 261 g/mol. The number of carbonyl (C=O) groups is 1. The third kappa shape index (κ3) is 3.17. The van der Waals surface area contributed by atoms with Crippen LogP contribution in [0.2, 0.25) is 0 Å². The molecule has 0 bridgehead atoms. The first-order valence-corrected chi connectivity index (χ1v) is 6.01. The summed E-state index contributed by atoms with van der Waals surface area (Å²) in [5.41, 5.74) is 0. The zero-order valence-corrected chi connectivity index (χ0v) is 10.9. The molecule has 0 aromatic carbocycles. The second kappa shape index (κ2) is 6.18. The third-order valence-electron chi connectivity index (χ3n) is 2.46. The highest BCUT2D eigenvalue weighted by Gasteiger charge is 2.18. The highest BCUT2D eigenvalue weighted by molar-refractivity contribution is 7.13. The van der Waals surface area contributed by atoms with E-state index < -0.39 is 0 Å². The van der Waals surface area contributed by atoms with Crippen LogP contribution in [0.5, 0.6) is 0 Å². The summed E-state index contributed by atoms with van der Waals surface area (Å²) in [5.74, 6) is 0.129. The van der Waals surface area contributed by atoms with E-state index >= 15 is 0 Å². The molecule has 0 atom stereocenters. The van der Waals surface area contributed by atoms with Gasteiger partial charge < -0.3 is 10.2 Å². The van der Waals surface area contributed by atoms with Crippen molar-refractivity contribution in [3.63, 3.8) is 0 Å². The predicted molar refractivity (Wildman–Crippen MR) is 67.5 cm³/mol. The summed E-state index contributed by atoms with van der Waals surface area (Å²) in [4.78, 5) is 18.8. The first-order valence-electron chi connectivity index (χ1n) is 5.20. The largest absolute Gasteiger partial charge is 0.337 e. The lowest BCUT2D eigenvalue weighted by Gasteiger charge is -2.18. The fraction of sp³-hybridized carbons (Fsp3) is 0.600. The standard InChI is InChI=1S/C10H15N3OS.ClH/c1-8-12-7-9(15-8)10(14)13-5-2-3-11-4-6-13;/h7,11H,2-6H2,1H3;1H. The zero-order chi connectivity index (χ0) is 10.7. The van der Waals surface area contributed by atoms with Crippen LogP contribution in [0.4, 0.5) is 0 Å². The molecule has 4 nitrogen and oxygen atoms in total. The molecule has 1 aliphatic rings. The molecule has 1 aromatic rings. The molecule has 16 heavy (non-hydrogen) atoms. The lowest BCUT2D eigenvalue weighted by molar-refractivity contribution is 0.0771. The van der Waals surface area contributed by atoms with Crippen LogP contribution < -0.4 is 5.32 Å². The molecule has 0 spiro atoms. The van der Waals surface area contributed by atoms with E-state index in [1.807, 2.05) is 11.8 Å². The normalized spacial score (nSPS) is 16.4. The molecule has 0 unspecified atom stereocenters. The van der Waals surface area contributed by atoms with Gasteiger partial charge in [-0.3, -0.25) is 4.79 Å². The van der Waals surface area contributed by atoms with Gasteiger partial charge in [-0.15, -0.1) is 23.7 Å². The van der Waals surface area contributed by atoms with E-state index in [1.54, 1.807) is 6.20 Å². The van der Waals surface area contributed by atoms with Crippen molar-refractivity contribution < 1.29 is 4.79 Å². The van der Waals surface area contributed by atoms with Gasteiger partial charge in [-0.05, 0) is 19.9 Å². The van der Waals surface area contributed by atoms with Gasteiger partial charge in [-0.2, -0.15) is 0 Å². The summed E-state index contributed by atoms with van der Waals surface area (Å²) >= 11 is 1.47. The van der Waals surface area contributed by atoms with E-state index in [4.69, 9.17) is 0 Å². The maximum absolute atomic E-state index is 12.0. The average molecular weight is 262 g/mol. The first-order chi connectivity index (χ1) is 7.27. The van der Waals surface area contributed by atoms with Crippen molar-refractivity contribution in [1.82, 2.24) is 15.2 Å². The van der Waals surface area contributed by atoms with Crippen molar-refractivity contribution in [2.45, 2.75) is 13.3 Å². The van der Waals surface area contributed by atoms with Gasteiger partial charge in [-0.1, -0.05) is 0 Å². The van der Waals surface area contributed by atoms with Gasteiger partial charge >= 0.3 is 0 Å². The van der Waals surface area contributed by atoms with Crippen molar-refractivity contribution in [3.8, 4) is 0 Å². The number of aryl methyl sites for hydroxylation is 1. The molecule has 6 heteroatoms. The van der Waals surface area contributed by atoms with Crippen LogP contribution in [0.25, 0.3) is 0 Å². The minimum Gasteiger partial charge on any atom is -0.337 e. The second-order valence-electron chi connectivity index (χ2n) is 3.64. The summed E-state index contributed by atoms with van der Waals surface area (Å²) in [5, 5.41) is 4.23. The number of aromatic nitrogens is 1. The Labute approximate surface area is 105 Å². The van der Waals surface area contributed by atoms with Gasteiger partial charge in [0.05, 0.1) is 11.2 Å². The molecule has 90 valence electrons. The summed E-state index contributed by atoms with van der Waals surface area (Å²) < 4.78 is 0. The lowest BCUT2D eigenvalue weighted by atomic mass is 10.3. The molecule has 0 radical (unpaired) electrons. The van der Waals surface area contributed by atoms with Crippen LogP contribution in [-0.2, 0) is 0 Å². The molecular formula is C10H16ClN3OS. The molecule has 1 amide bonds. The minimum atomic E-state index is 0. The van der Waals surface area contributed by atoms with Crippen molar-refractivity contribution in [2.24, 2.45) is 0 Å². The molecule has 1 saturated heterocycles. The fourth-order valence-electron chi connectivity index (χ4n) is 1.66. The van der Waals surface area contributed by atoms with Crippen LogP contribution in [-0.4, -0.2) is 42.0 Å². The Morgan fingerprint density at radius 2 is 2.31 bits per heavy atom. The van der Waals surface area contributed by atoms with Gasteiger partial charge in [0.15, 0.2) is 0 Å². The number of amides is 1. The number of halogens is 1. The molecule has 2 rings (SSSR count). The smallest absolute Gasteiger partial charge is 0.265 e. The summed E-state index contributed by atoms with van der Waals surface area (Å²) in [6.45, 7) is 5.47. The molecule has 0 saturated carbocycles. The topological polar surface area (TPSA) is 45.2 Å². The predicted octanol–water partition coefficient (Wildman–Crippen LogP) is 1.31. The quantitative estimate of drug-likeness (QED) is 0.829. The number of carbonyl (C=O) groups excluding carboxylic acids is 1. The minimum absolute atomic E-state index is 0. The van der Waals surface area contributed by atoms with Gasteiger partial charge in [0.1, 0.15) is 4.88 Å². The van der Waals surface area contributed by atoms with Crippen LogP contribution in [0.15, 0.2) is 6.20 Å². The molecule has 1 aromatic heterocycles. The first kappa shape index (κ1) is 13.4. The number of hydrogen-bond acceptors (Lipinski definition) is 4. The van der Waals surface area contributed by atoms with Gasteiger partial charge in [0, 0.05) is 19.6 Å². The van der Waals surface area contributed by atoms with Gasteiger partial charge in [0.2, 0.25) is 0 Å². The maximum atomic E-state index is 12.0. The SMILES string of the molecule is Cc1ncc(C(=O)N2CCCNCC2)s1.Cl. The van der Waals surface area contributed by atoms with Crippen LogP contribution in [0.1, 0.15) is 21.1 Å². The molecule has 2 heterocycles. The van der Waals surface area contributed by atoms with Crippen LogP contribution in [0, 0.1) is 6.92 Å². The van der Waals surface area contributed by atoms with Crippen molar-refractivity contribution in [1.29, 1.82) is 0 Å². The van der Waals surface area contributed by atoms with E-state index in [0.717, 1.165) is 42.5 Å². The molecule has 1 fully saturated rings. The molecular weight excluding hydrogens is 246 g/mol. The summed E-state index contributed by atoms with van der Waals surface area (Å²) in [6.07, 6.45) is 2.71. The third-order valence-corrected chi connectivity index (χ3v) is 3.36. The molecule has 0 aliphatic carbocycles. The highest BCUT2D eigenvalue weighted by atomic mass is 35.5. The second-order valence-corrected chi connectivity index (χ2v) is 4.87. The van der Waals surface area contributed by atoms with E-state index in [0.29, 0.717) is 0 Å². The number of nitrogens with one attached hydrogen (secondary N) is 1. The van der Waals surface area contributed by atoms with E-state index in [2.05, 4.69) is 10.3 Å². The van der Waals surface area contributed by atoms with Crippen LogP contribution in [0.3, 0.4) is 0 Å². The molecule has 1 N–H and O–H groups in total. The Balaban J connectivity index is 0.00000128. The van der Waals surface area contributed by atoms with Crippen molar-refractivity contribution in [3.05, 3.63) is 16.1 Å². The molecule has 1 aliphatic heterocycles. The Morgan fingerprint density at radius 3 is 3.00 bits per heavy atom. The van der Waals surface area contributed by atoms with Gasteiger partial charge in [-0.25, -0.2) is 4.98 Å². The van der Waals surface area contributed by atoms with E-state index in [-0.39, 0.29) is 18.3 Å². The van der Waals surface area contributed by atoms with E-state index in [1.165, 1.54) is 11.3 Å². The average Bonchev–Trinajstić information content (AvgIpc) is 2.53. The maximum Gasteiger partial charge on any atom is 0.265 e. The summed E-state index contributed by atoms with van der Waals surface area (Å²) in [7, 11) is 0. The summed E-state index contributed by atoms with van der Waals surface area (Å²) in [6, 6.07) is 0. The lowest BCUT2D eigenvalue weighted by Crippen LogP contribution is -2.33. The Hall–Kier alpha value is -0.650. The number of thiazole rings is 1. The highest BCUT2D eigenvalue weighted by Crippen LogP contribution is 2.14. The van der Waals surface area contributed by atoms with Crippen molar-refractivity contribution in [2.75, 3.05) is 26.2 Å². The Bertz CT molecular complexity index is 348. The number of hydrogen-bond donors (Lipinski definition) is 1.